The molecule has 180 valence electrons. The number of rotatable bonds is 21. The zero-order chi connectivity index (χ0) is 22.6. The molecule has 0 heterocycles. The van der Waals surface area contributed by atoms with Crippen LogP contribution in [0.5, 0.6) is 0 Å². The van der Waals surface area contributed by atoms with E-state index in [4.69, 9.17) is 14.2 Å². The van der Waals surface area contributed by atoms with E-state index < -0.39 is 5.97 Å². The number of unbranched alkanes of at least 4 members (excludes halogenated alkanes) is 6. The van der Waals surface area contributed by atoms with Crippen molar-refractivity contribution in [2.24, 2.45) is 5.92 Å². The average Bonchev–Trinajstić information content (AvgIpc) is 2.78. The first kappa shape index (κ1) is 28.1. The molecule has 0 radical (unpaired) electrons. The van der Waals surface area contributed by atoms with Crippen LogP contribution in [0.15, 0.2) is 30.3 Å². The predicted octanol–water partition coefficient (Wildman–Crippen LogP) is 7.08. The third-order valence-corrected chi connectivity index (χ3v) is 5.77. The summed E-state index contributed by atoms with van der Waals surface area (Å²) in [7, 11) is 0. The highest BCUT2D eigenvalue weighted by Gasteiger charge is 2.41. The second-order valence-electron chi connectivity index (χ2n) is 8.31. The summed E-state index contributed by atoms with van der Waals surface area (Å²) in [6.07, 6.45) is 12.3. The van der Waals surface area contributed by atoms with Crippen molar-refractivity contribution in [2.45, 2.75) is 104 Å². The van der Waals surface area contributed by atoms with E-state index in [-0.39, 0.29) is 5.92 Å². The van der Waals surface area contributed by atoms with Crippen LogP contribution >= 0.6 is 0 Å². The van der Waals surface area contributed by atoms with Gasteiger partial charge in [0.1, 0.15) is 0 Å². The second-order valence-corrected chi connectivity index (χ2v) is 8.31. The van der Waals surface area contributed by atoms with Crippen molar-refractivity contribution in [3.63, 3.8) is 0 Å². The first-order valence-electron chi connectivity index (χ1n) is 12.9. The maximum absolute atomic E-state index is 6.14. The molecule has 1 N–H and O–H groups in total. The minimum absolute atomic E-state index is 0.271. The molecule has 1 unspecified atom stereocenters. The Bertz CT molecular complexity index is 491. The summed E-state index contributed by atoms with van der Waals surface area (Å²) in [4.78, 5) is 0. The number of benzene rings is 1. The summed E-state index contributed by atoms with van der Waals surface area (Å²) in [5.41, 5.74) is 1.34. The smallest absolute Gasteiger partial charge is 0.285 e. The first-order chi connectivity index (χ1) is 15.2. The minimum Gasteiger partial charge on any atom is -0.328 e. The molecular formula is C27H49NO3. The van der Waals surface area contributed by atoms with E-state index in [1.165, 1.54) is 44.1 Å². The largest absolute Gasteiger partial charge is 0.328 e. The van der Waals surface area contributed by atoms with Gasteiger partial charge in [0.05, 0.1) is 0 Å². The number of nitrogens with one attached hydrogen (secondary N) is 1. The van der Waals surface area contributed by atoms with E-state index in [1.807, 2.05) is 20.8 Å². The SMILES string of the molecule is CCCCCCCCC(CCCCNCc1ccccc1)C(OCC)(OCC)OCC. The molecule has 1 rings (SSSR count). The Kier molecular flexibility index (Phi) is 16.9. The van der Waals surface area contributed by atoms with Crippen LogP contribution in [0.1, 0.15) is 97.5 Å². The Labute approximate surface area is 192 Å². The molecule has 1 atom stereocenters. The summed E-state index contributed by atoms with van der Waals surface area (Å²) in [5.74, 6) is -0.619. The van der Waals surface area contributed by atoms with Crippen LogP contribution in [0, 0.1) is 5.92 Å². The molecule has 0 aromatic heterocycles. The van der Waals surface area contributed by atoms with Gasteiger partial charge in [0.15, 0.2) is 0 Å². The highest BCUT2D eigenvalue weighted by molar-refractivity contribution is 5.14. The summed E-state index contributed by atoms with van der Waals surface area (Å²) < 4.78 is 18.4. The molecule has 4 heteroatoms. The molecule has 1 aromatic rings. The molecule has 0 amide bonds. The van der Waals surface area contributed by atoms with Crippen molar-refractivity contribution in [1.82, 2.24) is 5.32 Å². The monoisotopic (exact) mass is 435 g/mol. The molecule has 0 bridgehead atoms. The Balaban J connectivity index is 2.54. The molecule has 0 fully saturated rings. The molecular weight excluding hydrogens is 386 g/mol. The van der Waals surface area contributed by atoms with Crippen LogP contribution < -0.4 is 5.32 Å². The van der Waals surface area contributed by atoms with Crippen LogP contribution in [-0.2, 0) is 20.8 Å². The summed E-state index contributed by atoms with van der Waals surface area (Å²) >= 11 is 0. The van der Waals surface area contributed by atoms with Gasteiger partial charge in [-0.25, -0.2) is 0 Å². The van der Waals surface area contributed by atoms with Crippen LogP contribution in [-0.4, -0.2) is 32.3 Å². The molecule has 0 aliphatic heterocycles. The van der Waals surface area contributed by atoms with Crippen LogP contribution in [0.25, 0.3) is 0 Å². The van der Waals surface area contributed by atoms with Gasteiger partial charge in [-0.2, -0.15) is 0 Å². The van der Waals surface area contributed by atoms with Crippen LogP contribution in [0.2, 0.25) is 0 Å². The lowest BCUT2D eigenvalue weighted by Gasteiger charge is -2.39. The van der Waals surface area contributed by atoms with E-state index in [2.05, 4.69) is 42.6 Å². The first-order valence-corrected chi connectivity index (χ1v) is 12.9. The normalized spacial score (nSPS) is 12.9. The zero-order valence-corrected chi connectivity index (χ0v) is 20.8. The topological polar surface area (TPSA) is 39.7 Å². The fourth-order valence-electron chi connectivity index (χ4n) is 4.22. The highest BCUT2D eigenvalue weighted by atomic mass is 16.9. The highest BCUT2D eigenvalue weighted by Crippen LogP contribution is 2.34. The average molecular weight is 436 g/mol. The van der Waals surface area contributed by atoms with Crippen LogP contribution in [0.4, 0.5) is 0 Å². The van der Waals surface area contributed by atoms with Crippen LogP contribution in [0.3, 0.4) is 0 Å². The lowest BCUT2D eigenvalue weighted by molar-refractivity contribution is -0.403. The van der Waals surface area contributed by atoms with E-state index >= 15 is 0 Å². The van der Waals surface area contributed by atoms with Crippen molar-refractivity contribution in [3.8, 4) is 0 Å². The van der Waals surface area contributed by atoms with Gasteiger partial charge in [0.2, 0.25) is 0 Å². The standard InChI is InChI=1S/C27H49NO3/c1-5-9-10-11-12-16-21-26(27(29-6-2,30-7-3)31-8-4)22-17-18-23-28-24-25-19-14-13-15-20-25/h13-15,19-20,26,28H,5-12,16-18,21-24H2,1-4H3. The third kappa shape index (κ3) is 12.0. The summed E-state index contributed by atoms with van der Waals surface area (Å²) in [5, 5.41) is 3.57. The molecule has 1 aromatic carbocycles. The maximum atomic E-state index is 6.14. The van der Waals surface area contributed by atoms with Gasteiger partial charge in [0, 0.05) is 32.3 Å². The van der Waals surface area contributed by atoms with Gasteiger partial charge in [-0.3, -0.25) is 0 Å². The van der Waals surface area contributed by atoms with Crippen molar-refractivity contribution >= 4 is 0 Å². The van der Waals surface area contributed by atoms with Gasteiger partial charge < -0.3 is 19.5 Å². The van der Waals surface area contributed by atoms with E-state index in [0.717, 1.165) is 38.8 Å². The molecule has 31 heavy (non-hydrogen) atoms. The number of ether oxygens (including phenoxy) is 3. The Morgan fingerprint density at radius 3 is 1.84 bits per heavy atom. The Hall–Kier alpha value is -0.940. The fourth-order valence-corrected chi connectivity index (χ4v) is 4.22. The van der Waals surface area contributed by atoms with Gasteiger partial charge in [-0.05, 0) is 52.1 Å². The van der Waals surface area contributed by atoms with Gasteiger partial charge in [0.25, 0.3) is 5.97 Å². The van der Waals surface area contributed by atoms with Crippen molar-refractivity contribution in [1.29, 1.82) is 0 Å². The number of hydrogen-bond donors (Lipinski definition) is 1. The number of hydrogen-bond acceptors (Lipinski definition) is 4. The maximum Gasteiger partial charge on any atom is 0.285 e. The van der Waals surface area contributed by atoms with E-state index in [1.54, 1.807) is 0 Å². The summed E-state index contributed by atoms with van der Waals surface area (Å²) in [6.45, 7) is 12.1. The van der Waals surface area contributed by atoms with Crippen molar-refractivity contribution in [2.75, 3.05) is 26.4 Å². The molecule has 0 spiro atoms. The molecule has 4 nitrogen and oxygen atoms in total. The van der Waals surface area contributed by atoms with Gasteiger partial charge in [-0.1, -0.05) is 82.2 Å². The van der Waals surface area contributed by atoms with Crippen molar-refractivity contribution < 1.29 is 14.2 Å². The predicted molar refractivity (Wildman–Crippen MR) is 131 cm³/mol. The Morgan fingerprint density at radius 1 is 0.710 bits per heavy atom. The molecule has 0 saturated carbocycles. The molecule has 0 aliphatic rings. The third-order valence-electron chi connectivity index (χ3n) is 5.77. The Morgan fingerprint density at radius 2 is 1.26 bits per heavy atom. The van der Waals surface area contributed by atoms with Gasteiger partial charge >= 0.3 is 0 Å². The quantitative estimate of drug-likeness (QED) is 0.165. The lowest BCUT2D eigenvalue weighted by atomic mass is 9.92. The fraction of sp³-hybridized carbons (Fsp3) is 0.778. The molecule has 0 aliphatic carbocycles. The van der Waals surface area contributed by atoms with E-state index in [9.17, 15) is 0 Å². The summed E-state index contributed by atoms with van der Waals surface area (Å²) in [6, 6.07) is 10.6. The zero-order valence-electron chi connectivity index (χ0n) is 20.8. The van der Waals surface area contributed by atoms with E-state index in [0.29, 0.717) is 19.8 Å². The lowest BCUT2D eigenvalue weighted by Crippen LogP contribution is -2.46. The minimum atomic E-state index is -0.890. The second kappa shape index (κ2) is 18.6. The van der Waals surface area contributed by atoms with Crippen molar-refractivity contribution in [3.05, 3.63) is 35.9 Å². The molecule has 0 saturated heterocycles. The van der Waals surface area contributed by atoms with Gasteiger partial charge in [-0.15, -0.1) is 0 Å².